The molecule has 1 N–H and O–H groups in total. The molecule has 2 aliphatic rings. The van der Waals surface area contributed by atoms with Crippen molar-refractivity contribution in [2.45, 2.75) is 37.9 Å². The van der Waals surface area contributed by atoms with Crippen LogP contribution in [0.3, 0.4) is 0 Å². The van der Waals surface area contributed by atoms with Crippen molar-refractivity contribution in [2.24, 2.45) is 5.92 Å². The Morgan fingerprint density at radius 3 is 2.72 bits per heavy atom. The van der Waals surface area contributed by atoms with Gasteiger partial charge in [-0.05, 0) is 37.5 Å². The maximum absolute atomic E-state index is 12.7. The fourth-order valence-corrected chi connectivity index (χ4v) is 4.93. The summed E-state index contributed by atoms with van der Waals surface area (Å²) < 4.78 is 39.2. The standard InChI is InChI=1S/C19H24N4O5S/c1-2-22-11-18(21-12-22)29(25,26)23-7-5-15(6-8-23)19(24)20-10-14-3-4-16-17(9-14)28-13-27-16/h3-4,9,11-12,15H,2,5-8,10,13H2,1H3,(H,20,24). The Labute approximate surface area is 169 Å². The number of carbonyl (C=O) groups excluding carboxylic acids is 1. The number of hydrogen-bond acceptors (Lipinski definition) is 6. The first-order valence-corrected chi connectivity index (χ1v) is 11.1. The van der Waals surface area contributed by atoms with Crippen molar-refractivity contribution < 1.29 is 22.7 Å². The van der Waals surface area contributed by atoms with Crippen molar-refractivity contribution in [3.8, 4) is 11.5 Å². The van der Waals surface area contributed by atoms with Gasteiger partial charge in [-0.3, -0.25) is 4.79 Å². The molecule has 3 heterocycles. The lowest BCUT2D eigenvalue weighted by Crippen LogP contribution is -2.42. The number of aryl methyl sites for hydroxylation is 1. The number of piperidine rings is 1. The van der Waals surface area contributed by atoms with Crippen LogP contribution < -0.4 is 14.8 Å². The van der Waals surface area contributed by atoms with Gasteiger partial charge in [-0.25, -0.2) is 13.4 Å². The molecular formula is C19H24N4O5S. The van der Waals surface area contributed by atoms with Gasteiger partial charge in [-0.1, -0.05) is 6.07 Å². The lowest BCUT2D eigenvalue weighted by atomic mass is 9.97. The summed E-state index contributed by atoms with van der Waals surface area (Å²) in [5.41, 5.74) is 0.925. The Morgan fingerprint density at radius 1 is 1.24 bits per heavy atom. The number of rotatable bonds is 6. The molecule has 10 heteroatoms. The SMILES string of the molecule is CCn1cnc(S(=O)(=O)N2CCC(C(=O)NCc3ccc4c(c3)OCO4)CC2)c1. The Bertz CT molecular complexity index is 996. The molecule has 2 aliphatic heterocycles. The van der Waals surface area contributed by atoms with Crippen LogP contribution in [-0.4, -0.2) is 48.1 Å². The van der Waals surface area contributed by atoms with Crippen molar-refractivity contribution in [1.82, 2.24) is 19.2 Å². The maximum Gasteiger partial charge on any atom is 0.262 e. The quantitative estimate of drug-likeness (QED) is 0.757. The zero-order chi connectivity index (χ0) is 20.4. The summed E-state index contributed by atoms with van der Waals surface area (Å²) in [6.07, 6.45) is 4.03. The largest absolute Gasteiger partial charge is 0.454 e. The molecule has 1 aromatic carbocycles. The summed E-state index contributed by atoms with van der Waals surface area (Å²) >= 11 is 0. The molecule has 4 rings (SSSR count). The summed E-state index contributed by atoms with van der Waals surface area (Å²) in [5.74, 6) is 1.12. The van der Waals surface area contributed by atoms with Crippen LogP contribution in [-0.2, 0) is 27.9 Å². The van der Waals surface area contributed by atoms with E-state index >= 15 is 0 Å². The Kier molecular flexibility index (Phi) is 5.46. The van der Waals surface area contributed by atoms with Crippen LogP contribution in [0.25, 0.3) is 0 Å². The van der Waals surface area contributed by atoms with E-state index in [1.165, 1.54) is 10.6 Å². The van der Waals surface area contributed by atoms with Crippen LogP contribution >= 0.6 is 0 Å². The van der Waals surface area contributed by atoms with Crippen molar-refractivity contribution in [3.05, 3.63) is 36.3 Å². The van der Waals surface area contributed by atoms with E-state index in [9.17, 15) is 13.2 Å². The molecule has 2 aromatic rings. The van der Waals surface area contributed by atoms with Gasteiger partial charge in [-0.15, -0.1) is 0 Å². The molecule has 1 fully saturated rings. The Balaban J connectivity index is 1.30. The summed E-state index contributed by atoms with van der Waals surface area (Å²) in [4.78, 5) is 16.5. The number of hydrogen-bond donors (Lipinski definition) is 1. The summed E-state index contributed by atoms with van der Waals surface area (Å²) in [6, 6.07) is 5.57. The van der Waals surface area contributed by atoms with E-state index in [4.69, 9.17) is 9.47 Å². The number of benzene rings is 1. The monoisotopic (exact) mass is 420 g/mol. The van der Waals surface area contributed by atoms with Crippen molar-refractivity contribution >= 4 is 15.9 Å². The predicted octanol–water partition coefficient (Wildman–Crippen LogP) is 1.35. The van der Waals surface area contributed by atoms with Gasteiger partial charge in [0.05, 0.1) is 6.33 Å². The lowest BCUT2D eigenvalue weighted by molar-refractivity contribution is -0.126. The second-order valence-electron chi connectivity index (χ2n) is 7.13. The zero-order valence-corrected chi connectivity index (χ0v) is 17.0. The summed E-state index contributed by atoms with van der Waals surface area (Å²) in [5, 5.41) is 3.00. The van der Waals surface area contributed by atoms with Gasteiger partial charge < -0.3 is 19.4 Å². The second kappa shape index (κ2) is 8.03. The molecule has 0 saturated carbocycles. The van der Waals surface area contributed by atoms with Crippen molar-refractivity contribution in [3.63, 3.8) is 0 Å². The number of imidazole rings is 1. The van der Waals surface area contributed by atoms with Gasteiger partial charge in [0.1, 0.15) is 0 Å². The van der Waals surface area contributed by atoms with Gasteiger partial charge >= 0.3 is 0 Å². The molecule has 0 aliphatic carbocycles. The predicted molar refractivity (Wildman–Crippen MR) is 104 cm³/mol. The summed E-state index contributed by atoms with van der Waals surface area (Å²) in [6.45, 7) is 3.81. The molecule has 0 radical (unpaired) electrons. The smallest absolute Gasteiger partial charge is 0.262 e. The van der Waals surface area contributed by atoms with Crippen LogP contribution in [0.5, 0.6) is 11.5 Å². The molecule has 9 nitrogen and oxygen atoms in total. The molecule has 29 heavy (non-hydrogen) atoms. The summed E-state index contributed by atoms with van der Waals surface area (Å²) in [7, 11) is -3.62. The molecule has 156 valence electrons. The average molecular weight is 420 g/mol. The number of amides is 1. The van der Waals surface area contributed by atoms with Crippen LogP contribution in [0.15, 0.2) is 35.7 Å². The molecule has 0 spiro atoms. The molecule has 0 unspecified atom stereocenters. The highest BCUT2D eigenvalue weighted by Gasteiger charge is 2.33. The molecular weight excluding hydrogens is 396 g/mol. The molecule has 0 bridgehead atoms. The first-order valence-electron chi connectivity index (χ1n) is 9.65. The van der Waals surface area contributed by atoms with E-state index in [2.05, 4.69) is 10.3 Å². The third-order valence-electron chi connectivity index (χ3n) is 5.31. The van der Waals surface area contributed by atoms with E-state index in [1.54, 1.807) is 10.8 Å². The fraction of sp³-hybridized carbons (Fsp3) is 0.474. The topological polar surface area (TPSA) is 103 Å². The minimum Gasteiger partial charge on any atom is -0.454 e. The number of aromatic nitrogens is 2. The van der Waals surface area contributed by atoms with Gasteiger partial charge in [-0.2, -0.15) is 4.31 Å². The molecule has 0 atom stereocenters. The Hall–Kier alpha value is -2.59. The minimum atomic E-state index is -3.62. The van der Waals surface area contributed by atoms with E-state index in [0.29, 0.717) is 50.5 Å². The minimum absolute atomic E-state index is 0.0602. The van der Waals surface area contributed by atoms with Gasteiger partial charge in [0.15, 0.2) is 16.5 Å². The van der Waals surface area contributed by atoms with E-state index in [-0.39, 0.29) is 23.6 Å². The number of sulfonamides is 1. The molecule has 1 saturated heterocycles. The number of nitrogens with one attached hydrogen (secondary N) is 1. The number of fused-ring (bicyclic) bond motifs is 1. The van der Waals surface area contributed by atoms with Crippen LogP contribution in [0.1, 0.15) is 25.3 Å². The lowest BCUT2D eigenvalue weighted by Gasteiger charge is -2.29. The van der Waals surface area contributed by atoms with Gasteiger partial charge in [0.2, 0.25) is 12.7 Å². The second-order valence-corrected chi connectivity index (χ2v) is 9.01. The van der Waals surface area contributed by atoms with E-state index in [1.807, 2.05) is 25.1 Å². The average Bonchev–Trinajstić information content (AvgIpc) is 3.41. The highest BCUT2D eigenvalue weighted by molar-refractivity contribution is 7.89. The maximum atomic E-state index is 12.7. The first-order chi connectivity index (χ1) is 14.0. The fourth-order valence-electron chi connectivity index (χ4n) is 3.52. The molecule has 1 aromatic heterocycles. The van der Waals surface area contributed by atoms with Crippen LogP contribution in [0.2, 0.25) is 0 Å². The third-order valence-corrected chi connectivity index (χ3v) is 7.09. The zero-order valence-electron chi connectivity index (χ0n) is 16.2. The highest BCUT2D eigenvalue weighted by Crippen LogP contribution is 2.32. The van der Waals surface area contributed by atoms with Gasteiger partial charge in [0, 0.05) is 38.3 Å². The highest BCUT2D eigenvalue weighted by atomic mass is 32.2. The normalized spacial score (nSPS) is 17.4. The van der Waals surface area contributed by atoms with Crippen molar-refractivity contribution in [2.75, 3.05) is 19.9 Å². The van der Waals surface area contributed by atoms with E-state index in [0.717, 1.165) is 5.56 Å². The number of carbonyl (C=O) groups is 1. The Morgan fingerprint density at radius 2 is 2.00 bits per heavy atom. The third kappa shape index (κ3) is 4.08. The number of ether oxygens (including phenoxy) is 2. The van der Waals surface area contributed by atoms with Crippen LogP contribution in [0, 0.1) is 5.92 Å². The van der Waals surface area contributed by atoms with Crippen molar-refractivity contribution in [1.29, 1.82) is 0 Å². The first kappa shape index (κ1) is 19.7. The molecule has 1 amide bonds. The number of nitrogens with zero attached hydrogens (tertiary/aromatic N) is 3. The van der Waals surface area contributed by atoms with E-state index < -0.39 is 10.0 Å². The van der Waals surface area contributed by atoms with Gasteiger partial charge in [0.25, 0.3) is 10.0 Å². The van der Waals surface area contributed by atoms with Crippen LogP contribution in [0.4, 0.5) is 0 Å².